The molecule has 0 atom stereocenters. The molecule has 2 rings (SSSR count). The highest BCUT2D eigenvalue weighted by molar-refractivity contribution is 8.00. The van der Waals surface area contributed by atoms with Gasteiger partial charge in [0.15, 0.2) is 0 Å². The Morgan fingerprint density at radius 1 is 1.21 bits per heavy atom. The van der Waals surface area contributed by atoms with Crippen LogP contribution in [-0.4, -0.2) is 12.1 Å². The monoisotopic (exact) mass is 289 g/mol. The zero-order valence-electron chi connectivity index (χ0n) is 10.8. The second-order valence-electron chi connectivity index (χ2n) is 5.35. The third-order valence-corrected chi connectivity index (χ3v) is 4.24. The molecule has 1 aliphatic carbocycles. The van der Waals surface area contributed by atoms with Gasteiger partial charge in [0.25, 0.3) is 0 Å². The fourth-order valence-corrected chi connectivity index (χ4v) is 3.42. The van der Waals surface area contributed by atoms with Crippen molar-refractivity contribution in [3.8, 4) is 0 Å². The number of rotatable bonds is 4. The SMILES string of the molecule is Cc1cc(C[C@H]2C[C@H](CN)C2)cc(SC(F)(F)F)c1. The lowest BCUT2D eigenvalue weighted by molar-refractivity contribution is -0.0328. The zero-order chi connectivity index (χ0) is 14.0. The Morgan fingerprint density at radius 2 is 1.89 bits per heavy atom. The summed E-state index contributed by atoms with van der Waals surface area (Å²) in [7, 11) is 0. The summed E-state index contributed by atoms with van der Waals surface area (Å²) in [6.45, 7) is 2.56. The summed E-state index contributed by atoms with van der Waals surface area (Å²) in [5, 5.41) is 0. The van der Waals surface area contributed by atoms with Crippen LogP contribution in [-0.2, 0) is 6.42 Å². The van der Waals surface area contributed by atoms with Gasteiger partial charge in [-0.2, -0.15) is 13.2 Å². The van der Waals surface area contributed by atoms with E-state index in [1.807, 2.05) is 13.0 Å². The van der Waals surface area contributed by atoms with Gasteiger partial charge in [-0.15, -0.1) is 0 Å². The number of alkyl halides is 3. The predicted octanol–water partition coefficient (Wildman–Crippen LogP) is 4.13. The molecule has 0 radical (unpaired) electrons. The molecule has 0 spiro atoms. The van der Waals surface area contributed by atoms with Gasteiger partial charge < -0.3 is 5.73 Å². The number of aryl methyl sites for hydroxylation is 1. The first-order valence-corrected chi connectivity index (χ1v) is 7.24. The van der Waals surface area contributed by atoms with Crippen LogP contribution in [0.1, 0.15) is 24.0 Å². The van der Waals surface area contributed by atoms with Crippen LogP contribution in [0, 0.1) is 18.8 Å². The Morgan fingerprint density at radius 3 is 2.47 bits per heavy atom. The molecule has 0 unspecified atom stereocenters. The summed E-state index contributed by atoms with van der Waals surface area (Å²) < 4.78 is 37.2. The first-order valence-electron chi connectivity index (χ1n) is 6.42. The lowest BCUT2D eigenvalue weighted by atomic mass is 9.72. The van der Waals surface area contributed by atoms with E-state index in [1.54, 1.807) is 12.1 Å². The molecule has 5 heteroatoms. The number of benzene rings is 1. The molecular weight excluding hydrogens is 271 g/mol. The maximum atomic E-state index is 12.4. The average Bonchev–Trinajstić information content (AvgIpc) is 2.19. The molecule has 1 aliphatic rings. The van der Waals surface area contributed by atoms with Crippen LogP contribution < -0.4 is 5.73 Å². The number of thioether (sulfide) groups is 1. The molecule has 0 saturated heterocycles. The maximum absolute atomic E-state index is 12.4. The Kier molecular flexibility index (Phi) is 4.46. The van der Waals surface area contributed by atoms with Crippen molar-refractivity contribution < 1.29 is 13.2 Å². The minimum atomic E-state index is -4.22. The lowest BCUT2D eigenvalue weighted by Crippen LogP contribution is -2.31. The topological polar surface area (TPSA) is 26.0 Å². The molecule has 2 N–H and O–H groups in total. The summed E-state index contributed by atoms with van der Waals surface area (Å²) >= 11 is -0.0332. The van der Waals surface area contributed by atoms with Crippen molar-refractivity contribution in [1.29, 1.82) is 0 Å². The van der Waals surface area contributed by atoms with Gasteiger partial charge in [-0.3, -0.25) is 0 Å². The van der Waals surface area contributed by atoms with Crippen molar-refractivity contribution in [2.24, 2.45) is 17.6 Å². The van der Waals surface area contributed by atoms with Crippen LogP contribution in [0.15, 0.2) is 23.1 Å². The van der Waals surface area contributed by atoms with E-state index in [2.05, 4.69) is 0 Å². The van der Waals surface area contributed by atoms with Crippen LogP contribution in [0.2, 0.25) is 0 Å². The number of hydrogen-bond acceptors (Lipinski definition) is 2. The minimum absolute atomic E-state index is 0.0332. The fourth-order valence-electron chi connectivity index (χ4n) is 2.70. The molecule has 0 bridgehead atoms. The maximum Gasteiger partial charge on any atom is 0.446 e. The van der Waals surface area contributed by atoms with Gasteiger partial charge >= 0.3 is 5.51 Å². The second-order valence-corrected chi connectivity index (χ2v) is 6.48. The van der Waals surface area contributed by atoms with Crippen LogP contribution in [0.25, 0.3) is 0 Å². The van der Waals surface area contributed by atoms with E-state index in [-0.39, 0.29) is 16.7 Å². The summed E-state index contributed by atoms with van der Waals surface area (Å²) in [5.41, 5.74) is 3.26. The molecule has 1 aromatic carbocycles. The van der Waals surface area contributed by atoms with Crippen molar-refractivity contribution in [2.45, 2.75) is 36.6 Å². The first-order chi connectivity index (χ1) is 8.85. The Bertz CT molecular complexity index is 439. The third kappa shape index (κ3) is 4.42. The Hall–Kier alpha value is -0.680. The minimum Gasteiger partial charge on any atom is -0.330 e. The van der Waals surface area contributed by atoms with E-state index in [1.165, 1.54) is 0 Å². The molecule has 1 nitrogen and oxygen atoms in total. The summed E-state index contributed by atoms with van der Waals surface area (Å²) in [6, 6.07) is 5.24. The van der Waals surface area contributed by atoms with Crippen molar-refractivity contribution in [3.05, 3.63) is 29.3 Å². The smallest absolute Gasteiger partial charge is 0.330 e. The quantitative estimate of drug-likeness (QED) is 0.843. The molecule has 0 amide bonds. The summed E-state index contributed by atoms with van der Waals surface area (Å²) in [4.78, 5) is 0.289. The van der Waals surface area contributed by atoms with Crippen molar-refractivity contribution in [3.63, 3.8) is 0 Å². The van der Waals surface area contributed by atoms with Gasteiger partial charge in [-0.25, -0.2) is 0 Å². The van der Waals surface area contributed by atoms with Gasteiger partial charge in [0, 0.05) is 4.90 Å². The average molecular weight is 289 g/mol. The van der Waals surface area contributed by atoms with E-state index in [9.17, 15) is 13.2 Å². The molecule has 0 aromatic heterocycles. The first kappa shape index (κ1) is 14.7. The van der Waals surface area contributed by atoms with Gasteiger partial charge in [0.2, 0.25) is 0 Å². The van der Waals surface area contributed by atoms with Gasteiger partial charge in [-0.1, -0.05) is 6.07 Å². The predicted molar refractivity (Wildman–Crippen MR) is 72.1 cm³/mol. The standard InChI is InChI=1S/C14H18F3NS/c1-9-2-10(4-11-5-12(6-11)8-18)7-13(3-9)19-14(15,16)17/h2-3,7,11-12H,4-6,8,18H2,1H3/t11-,12-. The fraction of sp³-hybridized carbons (Fsp3) is 0.571. The van der Waals surface area contributed by atoms with Crippen molar-refractivity contribution in [1.82, 2.24) is 0 Å². The molecule has 0 heterocycles. The molecule has 1 aromatic rings. The van der Waals surface area contributed by atoms with Gasteiger partial charge in [-0.05, 0) is 79.6 Å². The normalized spacial score (nSPS) is 23.2. The summed E-state index contributed by atoms with van der Waals surface area (Å²) in [6.07, 6.45) is 3.07. The molecule has 19 heavy (non-hydrogen) atoms. The Labute approximate surface area is 115 Å². The van der Waals surface area contributed by atoms with Crippen LogP contribution in [0.5, 0.6) is 0 Å². The number of nitrogens with two attached hydrogens (primary N) is 1. The zero-order valence-corrected chi connectivity index (χ0v) is 11.7. The summed E-state index contributed by atoms with van der Waals surface area (Å²) in [5.74, 6) is 1.19. The van der Waals surface area contributed by atoms with Crippen LogP contribution >= 0.6 is 11.8 Å². The van der Waals surface area contributed by atoms with Crippen molar-refractivity contribution >= 4 is 11.8 Å². The van der Waals surface area contributed by atoms with Gasteiger partial charge in [0.1, 0.15) is 0 Å². The molecule has 1 fully saturated rings. The highest BCUT2D eigenvalue weighted by atomic mass is 32.2. The highest BCUT2D eigenvalue weighted by Crippen LogP contribution is 2.39. The molecular formula is C14H18F3NS. The Balaban J connectivity index is 2.01. The third-order valence-electron chi connectivity index (χ3n) is 3.54. The largest absolute Gasteiger partial charge is 0.446 e. The van der Waals surface area contributed by atoms with Gasteiger partial charge in [0.05, 0.1) is 0 Å². The van der Waals surface area contributed by atoms with Crippen LogP contribution in [0.4, 0.5) is 13.2 Å². The molecule has 1 saturated carbocycles. The number of halogens is 3. The van der Waals surface area contributed by atoms with E-state index >= 15 is 0 Å². The van der Waals surface area contributed by atoms with E-state index < -0.39 is 5.51 Å². The van der Waals surface area contributed by atoms with E-state index in [0.29, 0.717) is 11.8 Å². The van der Waals surface area contributed by atoms with Crippen molar-refractivity contribution in [2.75, 3.05) is 6.54 Å². The van der Waals surface area contributed by atoms with Crippen LogP contribution in [0.3, 0.4) is 0 Å². The van der Waals surface area contributed by atoms with E-state index in [0.717, 1.165) is 36.9 Å². The molecule has 106 valence electrons. The second kappa shape index (κ2) is 5.75. The highest BCUT2D eigenvalue weighted by Gasteiger charge is 2.30. The molecule has 0 aliphatic heterocycles. The number of hydrogen-bond donors (Lipinski definition) is 1. The lowest BCUT2D eigenvalue weighted by Gasteiger charge is -2.34. The van der Waals surface area contributed by atoms with E-state index in [4.69, 9.17) is 5.73 Å².